The number of carbonyl (C=O) groups is 1. The number of aromatic nitrogens is 2. The maximum Gasteiger partial charge on any atom is 0.277 e. The van der Waals surface area contributed by atoms with Crippen LogP contribution in [-0.4, -0.2) is 26.8 Å². The first-order valence-electron chi connectivity index (χ1n) is 7.28. The molecule has 0 aliphatic carbocycles. The summed E-state index contributed by atoms with van der Waals surface area (Å²) in [7, 11) is 0. The average molecular weight is 482 g/mol. The van der Waals surface area contributed by atoms with Crippen LogP contribution in [0.1, 0.15) is 0 Å². The second kappa shape index (κ2) is 8.27. The van der Waals surface area contributed by atoms with Crippen molar-refractivity contribution in [3.8, 4) is 11.5 Å². The van der Waals surface area contributed by atoms with E-state index in [4.69, 9.17) is 4.42 Å². The van der Waals surface area contributed by atoms with E-state index in [-0.39, 0.29) is 28.5 Å². The molecule has 0 fully saturated rings. The first-order chi connectivity index (χ1) is 12.5. The van der Waals surface area contributed by atoms with Gasteiger partial charge in [-0.25, -0.2) is 0 Å². The topological polar surface area (TPSA) is 111 Å². The Bertz CT molecular complexity index is 945. The number of anilines is 1. The van der Waals surface area contributed by atoms with Crippen LogP contribution in [0.25, 0.3) is 11.5 Å². The predicted octanol–water partition coefficient (Wildman–Crippen LogP) is 3.98. The number of thioether (sulfide) groups is 1. The fourth-order valence-electron chi connectivity index (χ4n) is 1.99. The van der Waals surface area contributed by atoms with Crippen LogP contribution in [0.15, 0.2) is 58.2 Å². The normalized spacial score (nSPS) is 10.5. The van der Waals surface area contributed by atoms with Gasteiger partial charge in [0.05, 0.1) is 16.4 Å². The number of non-ortho nitro benzene ring substituents is 1. The molecule has 26 heavy (non-hydrogen) atoms. The smallest absolute Gasteiger partial charge is 0.277 e. The first-order valence-corrected chi connectivity index (χ1v) is 9.35. The Balaban J connectivity index is 1.59. The summed E-state index contributed by atoms with van der Waals surface area (Å²) in [5.41, 5.74) is 1.30. The molecule has 1 amide bonds. The van der Waals surface area contributed by atoms with Crippen molar-refractivity contribution >= 4 is 51.6 Å². The zero-order chi connectivity index (χ0) is 18.5. The van der Waals surface area contributed by atoms with Crippen molar-refractivity contribution in [1.82, 2.24) is 10.2 Å². The minimum atomic E-state index is -0.481. The number of amides is 1. The lowest BCUT2D eigenvalue weighted by Gasteiger charge is -2.05. The van der Waals surface area contributed by atoms with E-state index in [1.807, 2.05) is 24.3 Å². The molecular weight excluding hydrogens is 471 g/mol. The van der Waals surface area contributed by atoms with Gasteiger partial charge in [-0.1, -0.05) is 23.9 Å². The zero-order valence-corrected chi connectivity index (χ0v) is 16.1. The highest BCUT2D eigenvalue weighted by Gasteiger charge is 2.13. The van der Waals surface area contributed by atoms with Crippen molar-refractivity contribution in [3.63, 3.8) is 0 Å². The first kappa shape index (κ1) is 18.3. The molecule has 3 rings (SSSR count). The van der Waals surface area contributed by atoms with Crippen molar-refractivity contribution in [3.05, 3.63) is 62.2 Å². The Morgan fingerprint density at radius 3 is 2.62 bits per heavy atom. The molecule has 0 spiro atoms. The number of hydrogen-bond donors (Lipinski definition) is 1. The number of benzene rings is 2. The van der Waals surface area contributed by atoms with E-state index in [0.717, 1.165) is 21.0 Å². The molecule has 1 aromatic heterocycles. The van der Waals surface area contributed by atoms with Crippen LogP contribution in [0.5, 0.6) is 0 Å². The van der Waals surface area contributed by atoms with Crippen LogP contribution in [0.3, 0.4) is 0 Å². The highest BCUT2D eigenvalue weighted by atomic mass is 127. The standard InChI is InChI=1S/C16H11IN4O4S/c17-12-3-1-2-4-13(12)18-14(22)9-26-16-20-19-15(25-16)10-5-7-11(8-6-10)21(23)24/h1-8H,9H2,(H,18,22). The SMILES string of the molecule is O=C(CSc1nnc(-c2ccc([N+](=O)[O-])cc2)o1)Nc1ccccc1I. The Kier molecular flexibility index (Phi) is 5.83. The van der Waals surface area contributed by atoms with Gasteiger partial charge in [-0.15, -0.1) is 10.2 Å². The van der Waals surface area contributed by atoms with E-state index in [1.165, 1.54) is 24.3 Å². The van der Waals surface area contributed by atoms with Crippen LogP contribution in [0.2, 0.25) is 0 Å². The molecule has 0 aliphatic rings. The Morgan fingerprint density at radius 2 is 1.92 bits per heavy atom. The summed E-state index contributed by atoms with van der Waals surface area (Å²) >= 11 is 3.26. The van der Waals surface area contributed by atoms with Gasteiger partial charge in [-0.05, 0) is 46.9 Å². The van der Waals surface area contributed by atoms with Gasteiger partial charge in [0.15, 0.2) is 0 Å². The van der Waals surface area contributed by atoms with Gasteiger partial charge >= 0.3 is 0 Å². The van der Waals surface area contributed by atoms with Gasteiger partial charge in [0.1, 0.15) is 0 Å². The van der Waals surface area contributed by atoms with E-state index in [1.54, 1.807) is 0 Å². The van der Waals surface area contributed by atoms with Crippen LogP contribution < -0.4 is 5.32 Å². The molecule has 3 aromatic rings. The Hall–Kier alpha value is -2.47. The van der Waals surface area contributed by atoms with E-state index in [9.17, 15) is 14.9 Å². The fraction of sp³-hybridized carbons (Fsp3) is 0.0625. The molecule has 132 valence electrons. The van der Waals surface area contributed by atoms with Gasteiger partial charge < -0.3 is 9.73 Å². The highest BCUT2D eigenvalue weighted by molar-refractivity contribution is 14.1. The third kappa shape index (κ3) is 4.58. The highest BCUT2D eigenvalue weighted by Crippen LogP contribution is 2.25. The number of nitro benzene ring substituents is 1. The molecule has 0 radical (unpaired) electrons. The quantitative estimate of drug-likeness (QED) is 0.245. The van der Waals surface area contributed by atoms with Crippen LogP contribution >= 0.6 is 34.4 Å². The van der Waals surface area contributed by atoms with Crippen molar-refractivity contribution in [2.24, 2.45) is 0 Å². The predicted molar refractivity (Wildman–Crippen MR) is 105 cm³/mol. The summed E-state index contributed by atoms with van der Waals surface area (Å²) in [6.07, 6.45) is 0. The summed E-state index contributed by atoms with van der Waals surface area (Å²) in [5, 5.41) is 21.5. The monoisotopic (exact) mass is 482 g/mol. The number of carbonyl (C=O) groups excluding carboxylic acids is 1. The van der Waals surface area contributed by atoms with E-state index >= 15 is 0 Å². The van der Waals surface area contributed by atoms with Gasteiger partial charge in [0.25, 0.3) is 10.9 Å². The minimum absolute atomic E-state index is 0.0184. The maximum atomic E-state index is 12.0. The van der Waals surface area contributed by atoms with Crippen LogP contribution in [0.4, 0.5) is 11.4 Å². The number of hydrogen-bond acceptors (Lipinski definition) is 7. The molecule has 0 unspecified atom stereocenters. The molecule has 0 bridgehead atoms. The summed E-state index contributed by atoms with van der Waals surface area (Å²) in [6.45, 7) is 0. The molecule has 8 nitrogen and oxygen atoms in total. The van der Waals surface area contributed by atoms with Crippen molar-refractivity contribution in [2.75, 3.05) is 11.1 Å². The second-order valence-corrected chi connectivity index (χ2v) is 7.08. The van der Waals surface area contributed by atoms with Gasteiger partial charge in [-0.2, -0.15) is 0 Å². The number of nitro groups is 1. The lowest BCUT2D eigenvalue weighted by molar-refractivity contribution is -0.384. The van der Waals surface area contributed by atoms with Crippen LogP contribution in [-0.2, 0) is 4.79 Å². The Labute approximate surface area is 165 Å². The molecule has 1 heterocycles. The van der Waals surface area contributed by atoms with Crippen molar-refractivity contribution < 1.29 is 14.1 Å². The largest absolute Gasteiger partial charge is 0.411 e. The Morgan fingerprint density at radius 1 is 1.19 bits per heavy atom. The molecule has 0 saturated carbocycles. The average Bonchev–Trinajstić information content (AvgIpc) is 3.11. The summed E-state index contributed by atoms with van der Waals surface area (Å²) in [4.78, 5) is 22.2. The van der Waals surface area contributed by atoms with E-state index in [2.05, 4.69) is 38.1 Å². The second-order valence-electron chi connectivity index (χ2n) is 4.99. The molecule has 0 saturated heterocycles. The number of nitrogens with zero attached hydrogens (tertiary/aromatic N) is 3. The lowest BCUT2D eigenvalue weighted by atomic mass is 10.2. The number of rotatable bonds is 6. The van der Waals surface area contributed by atoms with Gasteiger partial charge in [0.2, 0.25) is 11.8 Å². The van der Waals surface area contributed by atoms with E-state index < -0.39 is 4.92 Å². The number of para-hydroxylation sites is 1. The van der Waals surface area contributed by atoms with Crippen molar-refractivity contribution in [2.45, 2.75) is 5.22 Å². The fourth-order valence-corrected chi connectivity index (χ4v) is 3.07. The van der Waals surface area contributed by atoms with Crippen LogP contribution in [0, 0.1) is 13.7 Å². The molecule has 0 atom stereocenters. The number of nitrogens with one attached hydrogen (secondary N) is 1. The lowest BCUT2D eigenvalue weighted by Crippen LogP contribution is -2.14. The summed E-state index contributed by atoms with van der Waals surface area (Å²) in [5.74, 6) is 0.168. The summed E-state index contributed by atoms with van der Waals surface area (Å²) < 4.78 is 6.43. The van der Waals surface area contributed by atoms with Gasteiger partial charge in [0, 0.05) is 21.3 Å². The zero-order valence-electron chi connectivity index (χ0n) is 13.1. The van der Waals surface area contributed by atoms with E-state index in [0.29, 0.717) is 5.56 Å². The molecule has 1 N–H and O–H groups in total. The molecule has 0 aliphatic heterocycles. The molecule has 2 aromatic carbocycles. The molecular formula is C16H11IN4O4S. The maximum absolute atomic E-state index is 12.0. The third-order valence-electron chi connectivity index (χ3n) is 3.21. The van der Waals surface area contributed by atoms with Crippen molar-refractivity contribution in [1.29, 1.82) is 0 Å². The summed E-state index contributed by atoms with van der Waals surface area (Å²) in [6, 6.07) is 13.3. The number of halogens is 1. The molecule has 10 heteroatoms. The third-order valence-corrected chi connectivity index (χ3v) is 4.97. The van der Waals surface area contributed by atoms with Gasteiger partial charge in [-0.3, -0.25) is 14.9 Å². The minimum Gasteiger partial charge on any atom is -0.411 e.